The minimum atomic E-state index is 0.418. The molecule has 62 valence electrons. The molecule has 0 saturated carbocycles. The van der Waals surface area contributed by atoms with Crippen LogP contribution in [0.3, 0.4) is 0 Å². The van der Waals surface area contributed by atoms with Gasteiger partial charge in [-0.25, -0.2) is 9.83 Å². The van der Waals surface area contributed by atoms with Crippen molar-refractivity contribution in [2.24, 2.45) is 0 Å². The Morgan fingerprint density at radius 2 is 2.23 bits per heavy atom. The zero-order valence-electron chi connectivity index (χ0n) is 6.82. The maximum Gasteiger partial charge on any atom is 0.215 e. The topological polar surface area (TPSA) is 17.2 Å². The summed E-state index contributed by atoms with van der Waals surface area (Å²) >= 11 is 1.51. The first-order valence-electron chi connectivity index (χ1n) is 3.73. The van der Waals surface area contributed by atoms with Gasteiger partial charge in [-0.1, -0.05) is 18.7 Å². The molecule has 0 unspecified atom stereocenters. The fraction of sp³-hybridized carbons (Fsp3) is 0. The van der Waals surface area contributed by atoms with Crippen molar-refractivity contribution >= 4 is 27.3 Å². The molecule has 1 aromatic heterocycles. The first-order valence-corrected chi connectivity index (χ1v) is 4.55. The molecule has 0 atom stereocenters. The van der Waals surface area contributed by atoms with Crippen LogP contribution in [0.5, 0.6) is 0 Å². The second-order valence-electron chi connectivity index (χ2n) is 2.55. The Labute approximate surface area is 80.0 Å². The number of thiazole rings is 1. The number of nitrogens with zero attached hydrogens (tertiary/aromatic N) is 2. The summed E-state index contributed by atoms with van der Waals surface area (Å²) in [5.41, 5.74) is 1.36. The Morgan fingerprint density at radius 3 is 2.92 bits per heavy atom. The third-order valence-corrected chi connectivity index (χ3v) is 2.76. The summed E-state index contributed by atoms with van der Waals surface area (Å²) in [7, 11) is 0. The summed E-state index contributed by atoms with van der Waals surface area (Å²) in [6, 6.07) is 7.83. The maximum absolute atomic E-state index is 6.81. The van der Waals surface area contributed by atoms with Crippen LogP contribution in [0.1, 0.15) is 5.01 Å². The highest BCUT2D eigenvalue weighted by molar-refractivity contribution is 7.19. The number of para-hydroxylation sites is 1. The lowest BCUT2D eigenvalue weighted by atomic mass is 10.3. The van der Waals surface area contributed by atoms with Gasteiger partial charge < -0.3 is 0 Å². The predicted octanol–water partition coefficient (Wildman–Crippen LogP) is 3.19. The molecular formula is C10H6N2S. The summed E-state index contributed by atoms with van der Waals surface area (Å²) in [6.45, 7) is 10.4. The predicted molar refractivity (Wildman–Crippen MR) is 55.3 cm³/mol. The average molecular weight is 186 g/mol. The molecule has 2 aromatic rings. The Morgan fingerprint density at radius 1 is 1.46 bits per heavy atom. The van der Waals surface area contributed by atoms with E-state index >= 15 is 0 Å². The largest absolute Gasteiger partial charge is 0.248 e. The van der Waals surface area contributed by atoms with E-state index in [1.54, 1.807) is 0 Å². The Hall–Kier alpha value is -1.66. The first-order chi connectivity index (χ1) is 6.31. The van der Waals surface area contributed by atoms with Crippen LogP contribution >= 0.6 is 11.3 Å². The van der Waals surface area contributed by atoms with Crippen LogP contribution in [0.15, 0.2) is 30.8 Å². The quantitative estimate of drug-likeness (QED) is 0.625. The van der Waals surface area contributed by atoms with E-state index in [0.29, 0.717) is 5.70 Å². The lowest BCUT2D eigenvalue weighted by molar-refractivity contribution is 1.45. The third kappa shape index (κ3) is 1.32. The van der Waals surface area contributed by atoms with Crippen LogP contribution in [-0.4, -0.2) is 4.98 Å². The van der Waals surface area contributed by atoms with E-state index in [2.05, 4.69) is 16.4 Å². The number of rotatable bonds is 1. The zero-order chi connectivity index (χ0) is 9.26. The van der Waals surface area contributed by atoms with Gasteiger partial charge in [0.05, 0.1) is 16.8 Å². The van der Waals surface area contributed by atoms with Gasteiger partial charge in [-0.3, -0.25) is 0 Å². The van der Waals surface area contributed by atoms with Gasteiger partial charge in [-0.15, -0.1) is 11.3 Å². The second-order valence-corrected chi connectivity index (χ2v) is 3.58. The van der Waals surface area contributed by atoms with Crippen LogP contribution < -0.4 is 0 Å². The minimum Gasteiger partial charge on any atom is -0.248 e. The fourth-order valence-corrected chi connectivity index (χ4v) is 1.92. The van der Waals surface area contributed by atoms with Crippen molar-refractivity contribution < 1.29 is 0 Å². The van der Waals surface area contributed by atoms with E-state index in [0.717, 1.165) is 15.2 Å². The smallest absolute Gasteiger partial charge is 0.215 e. The molecule has 0 spiro atoms. The first kappa shape index (κ1) is 7.96. The lowest BCUT2D eigenvalue weighted by Crippen LogP contribution is -1.72. The molecule has 0 bridgehead atoms. The van der Waals surface area contributed by atoms with Crippen LogP contribution in [0, 0.1) is 6.57 Å². The van der Waals surface area contributed by atoms with E-state index in [-0.39, 0.29) is 0 Å². The molecular weight excluding hydrogens is 180 g/mol. The highest BCUT2D eigenvalue weighted by atomic mass is 32.1. The summed E-state index contributed by atoms with van der Waals surface area (Å²) in [5.74, 6) is 0. The number of hydrogen-bond donors (Lipinski definition) is 0. The van der Waals surface area contributed by atoms with Crippen molar-refractivity contribution in [2.45, 2.75) is 0 Å². The van der Waals surface area contributed by atoms with Crippen molar-refractivity contribution in [3.63, 3.8) is 0 Å². The van der Waals surface area contributed by atoms with Crippen molar-refractivity contribution in [3.8, 4) is 0 Å². The number of benzene rings is 1. The van der Waals surface area contributed by atoms with E-state index in [1.807, 2.05) is 24.3 Å². The van der Waals surface area contributed by atoms with E-state index in [9.17, 15) is 0 Å². The van der Waals surface area contributed by atoms with Gasteiger partial charge in [0.1, 0.15) is 5.01 Å². The Balaban J connectivity index is 2.64. The normalized spacial score (nSPS) is 9.77. The summed E-state index contributed by atoms with van der Waals surface area (Å²) < 4.78 is 1.10. The summed E-state index contributed by atoms with van der Waals surface area (Å²) in [5, 5.41) is 0.719. The van der Waals surface area contributed by atoms with Gasteiger partial charge in [0.15, 0.2) is 0 Å². The monoisotopic (exact) mass is 186 g/mol. The minimum absolute atomic E-state index is 0.418. The molecule has 1 aromatic carbocycles. The van der Waals surface area contributed by atoms with Crippen molar-refractivity contribution in [1.29, 1.82) is 0 Å². The number of aromatic nitrogens is 1. The second kappa shape index (κ2) is 3.00. The molecule has 13 heavy (non-hydrogen) atoms. The maximum atomic E-state index is 6.81. The third-order valence-electron chi connectivity index (χ3n) is 1.68. The molecule has 0 saturated heterocycles. The van der Waals surface area contributed by atoms with Gasteiger partial charge in [0.2, 0.25) is 5.70 Å². The molecule has 2 rings (SSSR count). The summed E-state index contributed by atoms with van der Waals surface area (Å²) in [6.07, 6.45) is 0. The van der Waals surface area contributed by atoms with Crippen molar-refractivity contribution in [3.05, 3.63) is 47.3 Å². The van der Waals surface area contributed by atoms with E-state index in [1.165, 1.54) is 11.3 Å². The number of hydrogen-bond acceptors (Lipinski definition) is 2. The SMILES string of the molecule is [C-]#[N+]C(=C)c1nc2ccccc2s1. The molecule has 0 aliphatic carbocycles. The van der Waals surface area contributed by atoms with Gasteiger partial charge in [-0.05, 0) is 12.1 Å². The van der Waals surface area contributed by atoms with Crippen LogP contribution in [-0.2, 0) is 0 Å². The molecule has 0 aliphatic rings. The van der Waals surface area contributed by atoms with Gasteiger partial charge in [0, 0.05) is 0 Å². The molecule has 0 aliphatic heterocycles. The van der Waals surface area contributed by atoms with Crippen LogP contribution in [0.4, 0.5) is 0 Å². The molecule has 0 fully saturated rings. The van der Waals surface area contributed by atoms with Gasteiger partial charge in [-0.2, -0.15) is 0 Å². The standard InChI is InChI=1S/C10H6N2S/c1-7(11-2)10-12-8-5-3-4-6-9(8)13-10/h3-6H,1H2. The zero-order valence-corrected chi connectivity index (χ0v) is 7.64. The Bertz CT molecular complexity index is 472. The molecule has 2 nitrogen and oxygen atoms in total. The van der Waals surface area contributed by atoms with Crippen LogP contribution in [0.2, 0.25) is 0 Å². The Kier molecular flexibility index (Phi) is 1.84. The van der Waals surface area contributed by atoms with Gasteiger partial charge >= 0.3 is 0 Å². The molecule has 3 heteroatoms. The van der Waals surface area contributed by atoms with Crippen molar-refractivity contribution in [2.75, 3.05) is 0 Å². The van der Waals surface area contributed by atoms with Gasteiger partial charge in [0.25, 0.3) is 0 Å². The molecule has 0 amide bonds. The molecule has 0 radical (unpaired) electrons. The van der Waals surface area contributed by atoms with E-state index in [4.69, 9.17) is 6.57 Å². The number of fused-ring (bicyclic) bond motifs is 1. The summed E-state index contributed by atoms with van der Waals surface area (Å²) in [4.78, 5) is 7.55. The van der Waals surface area contributed by atoms with E-state index < -0.39 is 0 Å². The van der Waals surface area contributed by atoms with Crippen molar-refractivity contribution in [1.82, 2.24) is 4.98 Å². The highest BCUT2D eigenvalue weighted by Gasteiger charge is 2.05. The molecule has 0 N–H and O–H groups in total. The average Bonchev–Trinajstić information content (AvgIpc) is 2.59. The lowest BCUT2D eigenvalue weighted by Gasteiger charge is -1.83. The highest BCUT2D eigenvalue weighted by Crippen LogP contribution is 2.26. The molecule has 1 heterocycles. The van der Waals surface area contributed by atoms with Crippen LogP contribution in [0.25, 0.3) is 20.8 Å². The fourth-order valence-electron chi connectivity index (χ4n) is 1.04.